The number of benzene rings is 1. The first-order valence-corrected chi connectivity index (χ1v) is 11.0. The van der Waals surface area contributed by atoms with Gasteiger partial charge in [-0.05, 0) is 55.0 Å². The zero-order valence-electron chi connectivity index (χ0n) is 18.2. The minimum absolute atomic E-state index is 0.0164. The molecule has 2 atom stereocenters. The van der Waals surface area contributed by atoms with Gasteiger partial charge < -0.3 is 10.2 Å². The molecule has 2 bridgehead atoms. The summed E-state index contributed by atoms with van der Waals surface area (Å²) in [6.07, 6.45) is 1.00. The Morgan fingerprint density at radius 2 is 1.88 bits per heavy atom. The van der Waals surface area contributed by atoms with Crippen LogP contribution in [0.4, 0.5) is 23.4 Å². The molecule has 3 aliphatic rings. The van der Waals surface area contributed by atoms with Crippen LogP contribution in [0.2, 0.25) is 0 Å². The van der Waals surface area contributed by atoms with E-state index in [2.05, 4.69) is 27.4 Å². The van der Waals surface area contributed by atoms with Gasteiger partial charge >= 0.3 is 6.18 Å². The van der Waals surface area contributed by atoms with Gasteiger partial charge in [0.25, 0.3) is 5.91 Å². The summed E-state index contributed by atoms with van der Waals surface area (Å²) in [5.74, 6) is 0.0318. The number of carbonyl (C=O) groups excluding carboxylic acids is 1. The number of nitrogens with one attached hydrogen (secondary N) is 1. The average Bonchev–Trinajstić information content (AvgIpc) is 3.31. The number of anilines is 1. The van der Waals surface area contributed by atoms with Gasteiger partial charge in [-0.2, -0.15) is 28.2 Å². The smallest absolute Gasteiger partial charge is 0.368 e. The number of aromatic nitrogens is 4. The first kappa shape index (κ1) is 22.3. The Kier molecular flexibility index (Phi) is 5.49. The molecule has 3 fully saturated rings. The van der Waals surface area contributed by atoms with Crippen LogP contribution in [-0.4, -0.2) is 49.4 Å². The van der Waals surface area contributed by atoms with E-state index in [-0.39, 0.29) is 29.5 Å². The number of hydrogen-bond donors (Lipinski definition) is 1. The van der Waals surface area contributed by atoms with E-state index in [9.17, 15) is 22.4 Å². The molecule has 34 heavy (non-hydrogen) atoms. The topological polar surface area (TPSA) is 75.9 Å². The second-order valence-electron chi connectivity index (χ2n) is 8.81. The molecule has 1 N–H and O–H groups in total. The van der Waals surface area contributed by atoms with Crippen molar-refractivity contribution in [3.63, 3.8) is 0 Å². The summed E-state index contributed by atoms with van der Waals surface area (Å²) >= 11 is 0. The average molecular weight is 474 g/mol. The lowest BCUT2D eigenvalue weighted by Crippen LogP contribution is -2.64. The Balaban J connectivity index is 1.40. The standard InChI is InChI=1S/C23H22F4N6O/c1-13-14-8-17(9-14)32(20(13)12-29-21-5-2-15(11-28-21)23(25,26)27)22(34)18-10-16(24)3-4-19(18)33-30-6-7-31-33/h2-7,10-11,13-14,17,20H,8-9,12H2,1H3,(H,28,29)/t13-,14?,17?,20?/m1/s1. The van der Waals surface area contributed by atoms with Crippen molar-refractivity contribution in [1.82, 2.24) is 24.9 Å². The third kappa shape index (κ3) is 3.99. The fourth-order valence-corrected chi connectivity index (χ4v) is 4.93. The van der Waals surface area contributed by atoms with E-state index >= 15 is 0 Å². The number of hydrogen-bond acceptors (Lipinski definition) is 5. The predicted octanol–water partition coefficient (Wildman–Crippen LogP) is 4.17. The summed E-state index contributed by atoms with van der Waals surface area (Å²) in [6, 6.07) is 5.94. The maximum Gasteiger partial charge on any atom is 0.417 e. The fourth-order valence-electron chi connectivity index (χ4n) is 4.93. The molecular weight excluding hydrogens is 452 g/mol. The summed E-state index contributed by atoms with van der Waals surface area (Å²) in [4.78, 5) is 20.7. The lowest BCUT2D eigenvalue weighted by Gasteiger charge is -2.57. The highest BCUT2D eigenvalue weighted by atomic mass is 19.4. The lowest BCUT2D eigenvalue weighted by molar-refractivity contribution is -0.137. The van der Waals surface area contributed by atoms with Crippen LogP contribution in [0.25, 0.3) is 5.69 Å². The van der Waals surface area contributed by atoms with Crippen LogP contribution in [0.15, 0.2) is 48.9 Å². The molecule has 178 valence electrons. The van der Waals surface area contributed by atoms with E-state index in [0.29, 0.717) is 24.0 Å². The molecule has 7 nitrogen and oxygen atoms in total. The molecule has 2 aromatic heterocycles. The van der Waals surface area contributed by atoms with Gasteiger partial charge in [-0.25, -0.2) is 9.37 Å². The molecule has 6 rings (SSSR count). The van der Waals surface area contributed by atoms with Crippen molar-refractivity contribution in [2.24, 2.45) is 11.8 Å². The number of carbonyl (C=O) groups is 1. The van der Waals surface area contributed by atoms with Gasteiger partial charge in [-0.15, -0.1) is 0 Å². The predicted molar refractivity (Wildman–Crippen MR) is 115 cm³/mol. The third-order valence-corrected chi connectivity index (χ3v) is 6.89. The lowest BCUT2D eigenvalue weighted by atomic mass is 9.64. The van der Waals surface area contributed by atoms with Crippen molar-refractivity contribution in [2.75, 3.05) is 11.9 Å². The molecule has 2 aliphatic heterocycles. The van der Waals surface area contributed by atoms with Crippen LogP contribution in [0.5, 0.6) is 0 Å². The summed E-state index contributed by atoms with van der Waals surface area (Å²) in [7, 11) is 0. The highest BCUT2D eigenvalue weighted by Gasteiger charge is 2.50. The summed E-state index contributed by atoms with van der Waals surface area (Å²) in [5, 5.41) is 11.2. The maximum absolute atomic E-state index is 14.2. The molecule has 0 spiro atoms. The highest BCUT2D eigenvalue weighted by Crippen LogP contribution is 2.47. The van der Waals surface area contributed by atoms with Crippen LogP contribution in [0, 0.1) is 17.7 Å². The van der Waals surface area contributed by atoms with Gasteiger partial charge in [0, 0.05) is 18.8 Å². The molecule has 0 radical (unpaired) electrons. The maximum atomic E-state index is 14.2. The number of rotatable bonds is 5. The molecule has 2 saturated heterocycles. The Bertz CT molecular complexity index is 1180. The molecule has 1 aliphatic carbocycles. The number of piperidine rings is 2. The van der Waals surface area contributed by atoms with E-state index in [1.165, 1.54) is 41.5 Å². The number of nitrogens with zero attached hydrogens (tertiary/aromatic N) is 5. The van der Waals surface area contributed by atoms with Gasteiger partial charge in [0.05, 0.1) is 35.2 Å². The molecule has 1 amide bonds. The largest absolute Gasteiger partial charge is 0.417 e. The van der Waals surface area contributed by atoms with Crippen LogP contribution in [0.3, 0.4) is 0 Å². The first-order chi connectivity index (χ1) is 16.2. The molecule has 1 saturated carbocycles. The van der Waals surface area contributed by atoms with Gasteiger partial charge in [-0.3, -0.25) is 4.79 Å². The normalized spacial score (nSPS) is 24.0. The monoisotopic (exact) mass is 474 g/mol. The van der Waals surface area contributed by atoms with E-state index in [4.69, 9.17) is 0 Å². The van der Waals surface area contributed by atoms with Gasteiger partial charge in [0.2, 0.25) is 0 Å². The molecule has 3 aromatic rings. The SMILES string of the molecule is C[C@@H]1C2CC(C2)N(C(=O)c2cc(F)ccc2-n2nccn2)C1CNc1ccc(C(F)(F)F)cn1. The van der Waals surface area contributed by atoms with E-state index in [1.54, 1.807) is 4.90 Å². The number of pyridine rings is 1. The number of amides is 1. The number of halogens is 4. The van der Waals surface area contributed by atoms with Crippen LogP contribution >= 0.6 is 0 Å². The Morgan fingerprint density at radius 1 is 1.15 bits per heavy atom. The quantitative estimate of drug-likeness (QED) is 0.562. The van der Waals surface area contributed by atoms with Crippen molar-refractivity contribution in [1.29, 1.82) is 0 Å². The van der Waals surface area contributed by atoms with Gasteiger partial charge in [0.15, 0.2) is 0 Å². The van der Waals surface area contributed by atoms with Gasteiger partial charge in [0.1, 0.15) is 11.6 Å². The van der Waals surface area contributed by atoms with E-state index < -0.39 is 17.6 Å². The number of fused-ring (bicyclic) bond motifs is 2. The fraction of sp³-hybridized carbons (Fsp3) is 0.391. The molecule has 1 unspecified atom stereocenters. The second kappa shape index (κ2) is 8.37. The molecule has 11 heteroatoms. The van der Waals surface area contributed by atoms with Crippen molar-refractivity contribution >= 4 is 11.7 Å². The molecular formula is C23H22F4N6O. The highest BCUT2D eigenvalue weighted by molar-refractivity contribution is 5.98. The number of alkyl halides is 3. The van der Waals surface area contributed by atoms with E-state index in [1.807, 2.05) is 0 Å². The molecule has 4 heterocycles. The Labute approximate surface area is 192 Å². The first-order valence-electron chi connectivity index (χ1n) is 11.0. The minimum atomic E-state index is -4.46. The Hall–Kier alpha value is -3.50. The van der Waals surface area contributed by atoms with Crippen molar-refractivity contribution in [2.45, 2.75) is 38.0 Å². The van der Waals surface area contributed by atoms with E-state index in [0.717, 1.165) is 25.1 Å². The van der Waals surface area contributed by atoms with Crippen molar-refractivity contribution < 1.29 is 22.4 Å². The second-order valence-corrected chi connectivity index (χ2v) is 8.81. The zero-order chi connectivity index (χ0) is 24.0. The van der Waals surface area contributed by atoms with Crippen LogP contribution in [-0.2, 0) is 6.18 Å². The summed E-state index contributed by atoms with van der Waals surface area (Å²) < 4.78 is 52.6. The molecule has 1 aromatic carbocycles. The van der Waals surface area contributed by atoms with Crippen LogP contribution < -0.4 is 5.32 Å². The van der Waals surface area contributed by atoms with Crippen LogP contribution in [0.1, 0.15) is 35.7 Å². The van der Waals surface area contributed by atoms with Crippen molar-refractivity contribution in [3.8, 4) is 5.69 Å². The van der Waals surface area contributed by atoms with Gasteiger partial charge in [-0.1, -0.05) is 6.92 Å². The van der Waals surface area contributed by atoms with Crippen molar-refractivity contribution in [3.05, 3.63) is 65.9 Å². The minimum Gasteiger partial charge on any atom is -0.368 e. The summed E-state index contributed by atoms with van der Waals surface area (Å²) in [6.45, 7) is 2.37. The Morgan fingerprint density at radius 3 is 2.53 bits per heavy atom. The zero-order valence-corrected chi connectivity index (χ0v) is 18.2. The third-order valence-electron chi connectivity index (χ3n) is 6.89. The summed E-state index contributed by atoms with van der Waals surface area (Å²) in [5.41, 5.74) is -0.291.